The number of ether oxygens (including phenoxy) is 1. The van der Waals surface area contributed by atoms with Crippen molar-refractivity contribution in [1.29, 1.82) is 0 Å². The van der Waals surface area contributed by atoms with E-state index in [0.717, 1.165) is 22.9 Å². The van der Waals surface area contributed by atoms with Gasteiger partial charge in [-0.15, -0.1) is 10.2 Å². The van der Waals surface area contributed by atoms with Crippen LogP contribution in [0.3, 0.4) is 0 Å². The predicted octanol–water partition coefficient (Wildman–Crippen LogP) is 2.99. The zero-order chi connectivity index (χ0) is 21.5. The van der Waals surface area contributed by atoms with Gasteiger partial charge >= 0.3 is 0 Å². The van der Waals surface area contributed by atoms with Gasteiger partial charge in [0.1, 0.15) is 10.8 Å². The van der Waals surface area contributed by atoms with E-state index in [-0.39, 0.29) is 6.54 Å². The molecule has 30 heavy (non-hydrogen) atoms. The van der Waals surface area contributed by atoms with Gasteiger partial charge in [-0.1, -0.05) is 47.2 Å². The van der Waals surface area contributed by atoms with Crippen LogP contribution >= 0.6 is 11.3 Å². The second-order valence-electron chi connectivity index (χ2n) is 7.14. The smallest absolute Gasteiger partial charge is 0.269 e. The Bertz CT molecular complexity index is 1210. The van der Waals surface area contributed by atoms with E-state index in [1.54, 1.807) is 18.2 Å². The highest BCUT2D eigenvalue weighted by molar-refractivity contribution is 7.92. The van der Waals surface area contributed by atoms with Crippen molar-refractivity contribution >= 4 is 38.1 Å². The molecule has 1 N–H and O–H groups in total. The number of hydrogen-bond donors (Lipinski definition) is 1. The molecule has 0 bridgehead atoms. The predicted molar refractivity (Wildman–Crippen MR) is 116 cm³/mol. The number of hydrogen-bond acceptors (Lipinski definition) is 7. The average molecular weight is 445 g/mol. The summed E-state index contributed by atoms with van der Waals surface area (Å²) in [5.74, 6) is -0.133. The Balaban J connectivity index is 1.55. The highest BCUT2D eigenvalue weighted by atomic mass is 32.2. The quantitative estimate of drug-likeness (QED) is 0.664. The maximum Gasteiger partial charge on any atom is 0.269 e. The fourth-order valence-electron chi connectivity index (χ4n) is 3.08. The number of sulfonamides is 1. The van der Waals surface area contributed by atoms with Crippen molar-refractivity contribution in [3.63, 3.8) is 0 Å². The van der Waals surface area contributed by atoms with Crippen molar-refractivity contribution in [1.82, 2.24) is 10.2 Å². The van der Waals surface area contributed by atoms with E-state index in [2.05, 4.69) is 15.5 Å². The Hall–Kier alpha value is -2.98. The summed E-state index contributed by atoms with van der Waals surface area (Å²) in [4.78, 5) is 12.8. The van der Waals surface area contributed by atoms with Gasteiger partial charge in [0.05, 0.1) is 18.5 Å². The van der Waals surface area contributed by atoms with E-state index in [9.17, 15) is 13.2 Å². The molecule has 0 saturated heterocycles. The zero-order valence-electron chi connectivity index (χ0n) is 16.6. The minimum atomic E-state index is -3.58. The molecule has 0 fully saturated rings. The Morgan fingerprint density at radius 2 is 1.83 bits per heavy atom. The number of aromatic nitrogens is 2. The molecule has 0 spiro atoms. The summed E-state index contributed by atoms with van der Waals surface area (Å²) in [6, 6.07) is 13.0. The number of amides is 1. The summed E-state index contributed by atoms with van der Waals surface area (Å²) in [6.45, 7) is 3.75. The van der Waals surface area contributed by atoms with Gasteiger partial charge in [0, 0.05) is 5.56 Å². The monoisotopic (exact) mass is 444 g/mol. The van der Waals surface area contributed by atoms with Crippen molar-refractivity contribution in [2.45, 2.75) is 20.0 Å². The van der Waals surface area contributed by atoms with E-state index >= 15 is 0 Å². The second kappa shape index (κ2) is 7.69. The van der Waals surface area contributed by atoms with Crippen LogP contribution in [-0.4, -0.2) is 43.4 Å². The van der Waals surface area contributed by atoms with Crippen LogP contribution in [0.25, 0.3) is 10.6 Å². The van der Waals surface area contributed by atoms with Crippen molar-refractivity contribution in [2.24, 2.45) is 0 Å². The molecular weight excluding hydrogens is 424 g/mol. The van der Waals surface area contributed by atoms with E-state index in [0.29, 0.717) is 21.6 Å². The fourth-order valence-corrected chi connectivity index (χ4v) is 4.75. The number of carbonyl (C=O) groups is 1. The molecule has 10 heteroatoms. The van der Waals surface area contributed by atoms with Crippen molar-refractivity contribution in [3.8, 4) is 16.3 Å². The number of anilines is 2. The zero-order valence-corrected chi connectivity index (χ0v) is 18.3. The minimum Gasteiger partial charge on any atom is -0.476 e. The lowest BCUT2D eigenvalue weighted by Gasteiger charge is -2.33. The molecule has 1 amide bonds. The van der Waals surface area contributed by atoms with Crippen molar-refractivity contribution < 1.29 is 17.9 Å². The first-order chi connectivity index (χ1) is 14.2. The third-order valence-electron chi connectivity index (χ3n) is 4.63. The largest absolute Gasteiger partial charge is 0.476 e. The fraction of sp³-hybridized carbons (Fsp3) is 0.250. The van der Waals surface area contributed by atoms with Crippen LogP contribution in [0, 0.1) is 13.8 Å². The Labute approximate surface area is 178 Å². The molecule has 4 rings (SSSR count). The molecule has 1 aliphatic rings. The molecule has 156 valence electrons. The number of aryl methyl sites for hydroxylation is 2. The molecule has 0 radical (unpaired) electrons. The third kappa shape index (κ3) is 4.14. The summed E-state index contributed by atoms with van der Waals surface area (Å²) in [6.07, 6.45) is 0.0935. The summed E-state index contributed by atoms with van der Waals surface area (Å²) in [5, 5.41) is 11.8. The van der Waals surface area contributed by atoms with Crippen LogP contribution in [0.15, 0.2) is 42.5 Å². The van der Waals surface area contributed by atoms with Crippen molar-refractivity contribution in [2.75, 3.05) is 22.4 Å². The van der Waals surface area contributed by atoms with E-state index in [1.165, 1.54) is 15.6 Å². The Kier molecular flexibility index (Phi) is 5.20. The summed E-state index contributed by atoms with van der Waals surface area (Å²) >= 11 is 1.24. The molecular formula is C20H20N4O4S2. The van der Waals surface area contributed by atoms with Gasteiger partial charge in [0.2, 0.25) is 15.2 Å². The third-order valence-corrected chi connectivity index (χ3v) is 6.67. The lowest BCUT2D eigenvalue weighted by Crippen LogP contribution is -2.48. The number of rotatable bonds is 4. The molecule has 2 aromatic carbocycles. The summed E-state index contributed by atoms with van der Waals surface area (Å²) in [7, 11) is -3.58. The molecule has 1 unspecified atom stereocenters. The second-order valence-corrected chi connectivity index (χ2v) is 10.0. The standard InChI is InChI=1S/C20H20N4O4S2/c1-12-4-7-14(8-5-12)19-22-23-20(29-19)21-18(25)17-11-24(30(3,26)27)15-9-6-13(2)10-16(15)28-17/h4-10,17H,11H2,1-3H3,(H,21,23,25). The molecule has 0 aliphatic carbocycles. The number of nitrogens with one attached hydrogen (secondary N) is 1. The SMILES string of the molecule is Cc1ccc(-c2nnc(NC(=O)C3CN(S(C)(=O)=O)c4ccc(C)cc4O3)s2)cc1. The van der Waals surface area contributed by atoms with Crippen LogP contribution in [0.5, 0.6) is 5.75 Å². The van der Waals surface area contributed by atoms with Gasteiger partial charge in [-0.05, 0) is 31.5 Å². The first-order valence-corrected chi connectivity index (χ1v) is 11.8. The normalized spacial score (nSPS) is 16.0. The first kappa shape index (κ1) is 20.3. The topological polar surface area (TPSA) is 101 Å². The van der Waals surface area contributed by atoms with Crippen LogP contribution in [0.4, 0.5) is 10.8 Å². The van der Waals surface area contributed by atoms with Gasteiger partial charge in [-0.2, -0.15) is 0 Å². The van der Waals surface area contributed by atoms with Gasteiger partial charge in [-0.25, -0.2) is 8.42 Å². The average Bonchev–Trinajstić information content (AvgIpc) is 3.15. The molecule has 1 aliphatic heterocycles. The van der Waals surface area contributed by atoms with Crippen LogP contribution < -0.4 is 14.4 Å². The number of fused-ring (bicyclic) bond motifs is 1. The molecule has 2 heterocycles. The number of benzene rings is 2. The van der Waals surface area contributed by atoms with Crippen LogP contribution in [0.1, 0.15) is 11.1 Å². The van der Waals surface area contributed by atoms with Crippen LogP contribution in [-0.2, 0) is 14.8 Å². The molecule has 8 nitrogen and oxygen atoms in total. The molecule has 1 atom stereocenters. The van der Waals surface area contributed by atoms with E-state index in [1.807, 2.05) is 38.1 Å². The summed E-state index contributed by atoms with van der Waals surface area (Å²) in [5.41, 5.74) is 3.36. The first-order valence-electron chi connectivity index (χ1n) is 9.17. The highest BCUT2D eigenvalue weighted by Gasteiger charge is 2.35. The highest BCUT2D eigenvalue weighted by Crippen LogP contribution is 2.36. The summed E-state index contributed by atoms with van der Waals surface area (Å²) < 4.78 is 31.5. The molecule has 1 aromatic heterocycles. The van der Waals surface area contributed by atoms with Gasteiger partial charge in [0.15, 0.2) is 6.10 Å². The van der Waals surface area contributed by atoms with Gasteiger partial charge in [0.25, 0.3) is 5.91 Å². The van der Waals surface area contributed by atoms with Gasteiger partial charge < -0.3 is 4.74 Å². The van der Waals surface area contributed by atoms with E-state index in [4.69, 9.17) is 4.74 Å². The number of nitrogens with zero attached hydrogens (tertiary/aromatic N) is 3. The lowest BCUT2D eigenvalue weighted by atomic mass is 10.1. The lowest BCUT2D eigenvalue weighted by molar-refractivity contribution is -0.122. The van der Waals surface area contributed by atoms with Crippen LogP contribution in [0.2, 0.25) is 0 Å². The maximum absolute atomic E-state index is 12.8. The Morgan fingerprint density at radius 3 is 2.53 bits per heavy atom. The van der Waals surface area contributed by atoms with Crippen molar-refractivity contribution in [3.05, 3.63) is 53.6 Å². The minimum absolute atomic E-state index is 0.121. The van der Waals surface area contributed by atoms with Gasteiger partial charge in [-0.3, -0.25) is 14.4 Å². The number of carbonyl (C=O) groups excluding carboxylic acids is 1. The molecule has 3 aromatic rings. The molecule has 0 saturated carbocycles. The maximum atomic E-state index is 12.8. The van der Waals surface area contributed by atoms with E-state index < -0.39 is 22.0 Å². The Morgan fingerprint density at radius 1 is 1.13 bits per heavy atom.